The second-order valence-corrected chi connectivity index (χ2v) is 16.3. The maximum Gasteiger partial charge on any atom is 0.331 e. The fourth-order valence-electron chi connectivity index (χ4n) is 11.3. The molecule has 15 unspecified atom stereocenters. The molecule has 0 bridgehead atoms. The van der Waals surface area contributed by atoms with Gasteiger partial charge in [0.05, 0.1) is 24.4 Å². The molecule has 3 heterocycles. The van der Waals surface area contributed by atoms with Crippen molar-refractivity contribution >= 4 is 5.97 Å². The minimum atomic E-state index is -1.65. The summed E-state index contributed by atoms with van der Waals surface area (Å²) in [5.74, 6) is 0.825. The van der Waals surface area contributed by atoms with E-state index < -0.39 is 73.6 Å². The van der Waals surface area contributed by atoms with Crippen molar-refractivity contribution < 1.29 is 64.2 Å². The molecule has 0 amide bonds. The molecule has 3 aliphatic heterocycles. The number of esters is 1. The van der Waals surface area contributed by atoms with Crippen LogP contribution in [-0.2, 0) is 28.5 Å². The average molecular weight is 683 g/mol. The Morgan fingerprint density at radius 2 is 1.56 bits per heavy atom. The zero-order valence-electron chi connectivity index (χ0n) is 28.1. The van der Waals surface area contributed by atoms with Gasteiger partial charge in [-0.2, -0.15) is 0 Å². The third-order valence-electron chi connectivity index (χ3n) is 14.2. The van der Waals surface area contributed by atoms with E-state index in [1.165, 1.54) is 0 Å². The topological polar surface area (TPSA) is 205 Å². The van der Waals surface area contributed by atoms with Crippen molar-refractivity contribution in [3.63, 3.8) is 0 Å². The van der Waals surface area contributed by atoms with E-state index in [0.717, 1.165) is 63.4 Å². The van der Waals surface area contributed by atoms with Gasteiger partial charge in [0.1, 0.15) is 49.3 Å². The molecule has 18 atom stereocenters. The minimum Gasteiger partial charge on any atom is -0.458 e. The fraction of sp³-hybridized carbons (Fsp3) is 0.914. The number of aliphatic hydroxyl groups is 7. The minimum absolute atomic E-state index is 0.0345. The summed E-state index contributed by atoms with van der Waals surface area (Å²) in [5.41, 5.74) is 0.00280. The van der Waals surface area contributed by atoms with E-state index in [4.69, 9.17) is 23.7 Å². The first-order chi connectivity index (χ1) is 22.7. The smallest absolute Gasteiger partial charge is 0.331 e. The lowest BCUT2D eigenvalue weighted by Gasteiger charge is -2.64. The van der Waals surface area contributed by atoms with Gasteiger partial charge < -0.3 is 59.4 Å². The lowest BCUT2D eigenvalue weighted by molar-refractivity contribution is -0.360. The fourth-order valence-corrected chi connectivity index (χ4v) is 11.3. The molecule has 0 aromatic rings. The average Bonchev–Trinajstić information content (AvgIpc) is 3.61. The summed E-state index contributed by atoms with van der Waals surface area (Å²) in [7, 11) is 0. The van der Waals surface area contributed by atoms with E-state index in [0.29, 0.717) is 18.4 Å². The van der Waals surface area contributed by atoms with Crippen molar-refractivity contribution in [1.29, 1.82) is 0 Å². The Balaban J connectivity index is 0.977. The van der Waals surface area contributed by atoms with Gasteiger partial charge in [0.25, 0.3) is 0 Å². The first kappa shape index (κ1) is 35.2. The van der Waals surface area contributed by atoms with Crippen LogP contribution in [0.3, 0.4) is 0 Å². The molecule has 0 radical (unpaired) electrons. The van der Waals surface area contributed by atoms with E-state index >= 15 is 0 Å². The third-order valence-corrected chi connectivity index (χ3v) is 14.2. The Hall–Kier alpha value is -1.23. The van der Waals surface area contributed by atoms with Gasteiger partial charge >= 0.3 is 5.97 Å². The molecule has 0 aromatic heterocycles. The van der Waals surface area contributed by atoms with Crippen LogP contribution in [0.5, 0.6) is 0 Å². The van der Waals surface area contributed by atoms with E-state index in [2.05, 4.69) is 13.8 Å². The van der Waals surface area contributed by atoms with Crippen molar-refractivity contribution in [2.45, 2.75) is 152 Å². The van der Waals surface area contributed by atoms with Gasteiger partial charge in [-0.1, -0.05) is 13.8 Å². The van der Waals surface area contributed by atoms with Gasteiger partial charge in [-0.3, -0.25) is 0 Å². The molecule has 0 spiro atoms. The maximum absolute atomic E-state index is 12.5. The highest BCUT2D eigenvalue weighted by atomic mass is 16.7. The lowest BCUT2D eigenvalue weighted by atomic mass is 9.43. The van der Waals surface area contributed by atoms with Crippen LogP contribution < -0.4 is 0 Å². The SMILES string of the molecule is CC1OC(OC2CCC3(C)[C@@H](CC[C@@H]4[C@@H]3CCC3(C)C(C5=CC(=O)OC5)CCC43O)C2)C(O)C(O)C1OC1OC(CO)C(O)C(O)C1O. The summed E-state index contributed by atoms with van der Waals surface area (Å²) in [6, 6.07) is 0. The summed E-state index contributed by atoms with van der Waals surface area (Å²) in [5, 5.41) is 74.7. The Labute approximate surface area is 281 Å². The maximum atomic E-state index is 12.5. The Morgan fingerprint density at radius 1 is 0.833 bits per heavy atom. The van der Waals surface area contributed by atoms with Gasteiger partial charge in [0, 0.05) is 11.5 Å². The second kappa shape index (κ2) is 12.8. The molecule has 2 saturated heterocycles. The summed E-state index contributed by atoms with van der Waals surface area (Å²) >= 11 is 0. The van der Waals surface area contributed by atoms with Crippen LogP contribution in [-0.4, -0.2) is 128 Å². The number of ether oxygens (including phenoxy) is 5. The molecule has 4 aliphatic carbocycles. The van der Waals surface area contributed by atoms with E-state index in [9.17, 15) is 40.5 Å². The highest BCUT2D eigenvalue weighted by Gasteiger charge is 2.68. The van der Waals surface area contributed by atoms with E-state index in [1.807, 2.05) is 0 Å². The number of carbonyl (C=O) groups is 1. The molecule has 0 aromatic carbocycles. The van der Waals surface area contributed by atoms with Crippen LogP contribution in [0, 0.1) is 34.5 Å². The summed E-state index contributed by atoms with van der Waals surface area (Å²) in [4.78, 5) is 11.9. The van der Waals surface area contributed by atoms with E-state index in [-0.39, 0.29) is 34.7 Å². The predicted molar refractivity (Wildman–Crippen MR) is 166 cm³/mol. The van der Waals surface area contributed by atoms with Crippen molar-refractivity contribution in [3.8, 4) is 0 Å². The zero-order chi connectivity index (χ0) is 34.3. The van der Waals surface area contributed by atoms with Crippen LogP contribution in [0.25, 0.3) is 0 Å². The monoisotopic (exact) mass is 682 g/mol. The molecule has 272 valence electrons. The predicted octanol–water partition coefficient (Wildman–Crippen LogP) is 0.280. The molecule has 7 rings (SSSR count). The molecule has 13 nitrogen and oxygen atoms in total. The van der Waals surface area contributed by atoms with Gasteiger partial charge in [-0.05, 0) is 99.4 Å². The van der Waals surface area contributed by atoms with Crippen LogP contribution >= 0.6 is 0 Å². The number of carbonyl (C=O) groups excluding carboxylic acids is 1. The Morgan fingerprint density at radius 3 is 2.27 bits per heavy atom. The first-order valence-electron chi connectivity index (χ1n) is 17.9. The van der Waals surface area contributed by atoms with Gasteiger partial charge in [0.15, 0.2) is 12.6 Å². The van der Waals surface area contributed by atoms with Crippen LogP contribution in [0.1, 0.15) is 78.6 Å². The van der Waals surface area contributed by atoms with Gasteiger partial charge in [-0.25, -0.2) is 4.79 Å². The summed E-state index contributed by atoms with van der Waals surface area (Å²) in [6.45, 7) is 5.97. The van der Waals surface area contributed by atoms with Crippen molar-refractivity contribution in [2.24, 2.45) is 34.5 Å². The number of hydrogen-bond donors (Lipinski definition) is 7. The largest absolute Gasteiger partial charge is 0.458 e. The second-order valence-electron chi connectivity index (χ2n) is 16.3. The molecular weight excluding hydrogens is 628 g/mol. The highest BCUT2D eigenvalue weighted by molar-refractivity contribution is 5.85. The Kier molecular flexibility index (Phi) is 9.36. The number of rotatable bonds is 6. The van der Waals surface area contributed by atoms with Gasteiger partial charge in [-0.15, -0.1) is 0 Å². The normalized spacial score (nSPS) is 55.3. The zero-order valence-corrected chi connectivity index (χ0v) is 28.1. The number of aliphatic hydroxyl groups excluding tert-OH is 6. The summed E-state index contributed by atoms with van der Waals surface area (Å²) in [6.07, 6.45) is -4.12. The molecule has 6 fully saturated rings. The molecule has 7 N–H and O–H groups in total. The third kappa shape index (κ3) is 5.42. The lowest BCUT2D eigenvalue weighted by Crippen LogP contribution is -2.64. The van der Waals surface area contributed by atoms with Crippen LogP contribution in [0.4, 0.5) is 0 Å². The molecule has 7 aliphatic rings. The molecule has 13 heteroatoms. The van der Waals surface area contributed by atoms with Crippen molar-refractivity contribution in [1.82, 2.24) is 0 Å². The van der Waals surface area contributed by atoms with Crippen molar-refractivity contribution in [2.75, 3.05) is 13.2 Å². The first-order valence-corrected chi connectivity index (χ1v) is 17.9. The Bertz CT molecular complexity index is 1240. The number of hydrogen-bond acceptors (Lipinski definition) is 13. The summed E-state index contributed by atoms with van der Waals surface area (Å²) < 4.78 is 28.8. The van der Waals surface area contributed by atoms with Crippen molar-refractivity contribution in [3.05, 3.63) is 11.6 Å². The van der Waals surface area contributed by atoms with Crippen LogP contribution in [0.15, 0.2) is 11.6 Å². The molecular formula is C35H54O13. The number of fused-ring (bicyclic) bond motifs is 5. The number of cyclic esters (lactones) is 1. The molecule has 4 saturated carbocycles. The highest BCUT2D eigenvalue weighted by Crippen LogP contribution is 2.70. The van der Waals surface area contributed by atoms with E-state index in [1.54, 1.807) is 13.0 Å². The quantitative estimate of drug-likeness (QED) is 0.149. The standard InChI is InChI=1S/C35H54O13/c1-16-30(48-32-28(41)26(39)25(38)23(14-36)47-32)27(40)29(42)31(45-16)46-19-6-9-33(2)18(13-19)4-5-22-21(33)7-10-34(3)20(8-11-35(22,34)43)17-12-24(37)44-15-17/h12,16,18-23,25-32,36,38-43H,4-11,13-15H2,1-3H3/t16?,18-,19?,20?,21-,22+,23?,25?,26?,27?,28?,29?,30?,31?,32?,33?,34?,35?/m0/s1. The molecule has 48 heavy (non-hydrogen) atoms. The van der Waals surface area contributed by atoms with Crippen LogP contribution in [0.2, 0.25) is 0 Å². The van der Waals surface area contributed by atoms with Gasteiger partial charge in [0.2, 0.25) is 0 Å².